The van der Waals surface area contributed by atoms with Gasteiger partial charge in [0.15, 0.2) is 0 Å². The zero-order valence-electron chi connectivity index (χ0n) is 6.41. The molecule has 57 valence electrons. The first kappa shape index (κ1) is 7.79. The standard InChI is InChI=1S/C9H10O2/c1-2-9(11-10)8-6-4-3-5-7-8/h3-7H,2H2,1H3/q+1. The van der Waals surface area contributed by atoms with E-state index in [0.717, 1.165) is 5.56 Å². The van der Waals surface area contributed by atoms with Gasteiger partial charge in [0.05, 0.1) is 16.6 Å². The van der Waals surface area contributed by atoms with Gasteiger partial charge in [0, 0.05) is 0 Å². The van der Waals surface area contributed by atoms with Crippen LogP contribution < -0.4 is 0 Å². The Balaban J connectivity index is 2.92. The van der Waals surface area contributed by atoms with Crippen LogP contribution >= 0.6 is 0 Å². The molecular weight excluding hydrogens is 140 g/mol. The van der Waals surface area contributed by atoms with Gasteiger partial charge in [0.1, 0.15) is 0 Å². The van der Waals surface area contributed by atoms with Gasteiger partial charge >= 0.3 is 5.78 Å². The Kier molecular flexibility index (Phi) is 2.66. The van der Waals surface area contributed by atoms with Crippen molar-refractivity contribution in [1.82, 2.24) is 0 Å². The van der Waals surface area contributed by atoms with Crippen molar-refractivity contribution in [3.05, 3.63) is 35.9 Å². The minimum Gasteiger partial charge on any atom is -0.0622 e. The monoisotopic (exact) mass is 150 g/mol. The van der Waals surface area contributed by atoms with E-state index in [1.165, 1.54) is 0 Å². The van der Waals surface area contributed by atoms with Crippen LogP contribution in [-0.2, 0) is 5.26 Å². The average Bonchev–Trinajstić information content (AvgIpc) is 2.09. The van der Waals surface area contributed by atoms with Crippen molar-refractivity contribution in [2.75, 3.05) is 0 Å². The Morgan fingerprint density at radius 3 is 2.45 bits per heavy atom. The second kappa shape index (κ2) is 3.76. The summed E-state index contributed by atoms with van der Waals surface area (Å²) in [5.41, 5.74) is 0.866. The smallest absolute Gasteiger partial charge is 0.0622 e. The molecule has 0 saturated heterocycles. The lowest BCUT2D eigenvalue weighted by molar-refractivity contribution is -0.635. The molecule has 0 aromatic heterocycles. The lowest BCUT2D eigenvalue weighted by atomic mass is 10.1. The van der Waals surface area contributed by atoms with Crippen LogP contribution in [0.2, 0.25) is 0 Å². The Morgan fingerprint density at radius 2 is 2.00 bits per heavy atom. The van der Waals surface area contributed by atoms with E-state index in [-0.39, 0.29) is 0 Å². The Morgan fingerprint density at radius 1 is 1.36 bits per heavy atom. The van der Waals surface area contributed by atoms with Crippen molar-refractivity contribution in [3.8, 4) is 0 Å². The molecule has 0 fully saturated rings. The van der Waals surface area contributed by atoms with E-state index in [4.69, 9.17) is 0 Å². The quantitative estimate of drug-likeness (QED) is 0.268. The van der Waals surface area contributed by atoms with Crippen molar-refractivity contribution in [1.29, 1.82) is 0 Å². The van der Waals surface area contributed by atoms with E-state index < -0.39 is 0 Å². The molecule has 0 amide bonds. The number of hydrogen-bond acceptors (Lipinski definition) is 0. The molecule has 0 unspecified atom stereocenters. The molecule has 0 atom stereocenters. The third-order valence-corrected chi connectivity index (χ3v) is 1.52. The van der Waals surface area contributed by atoms with Gasteiger partial charge in [-0.05, 0) is 12.1 Å². The van der Waals surface area contributed by atoms with Crippen LogP contribution in [0.4, 0.5) is 0 Å². The van der Waals surface area contributed by atoms with Crippen LogP contribution in [0.5, 0.6) is 0 Å². The van der Waals surface area contributed by atoms with Crippen LogP contribution in [0.25, 0.3) is 0 Å². The van der Waals surface area contributed by atoms with E-state index in [9.17, 15) is 5.26 Å². The lowest BCUT2D eigenvalue weighted by Crippen LogP contribution is -1.97. The molecule has 0 aliphatic rings. The first-order valence-corrected chi connectivity index (χ1v) is 3.59. The molecule has 11 heavy (non-hydrogen) atoms. The van der Waals surface area contributed by atoms with Crippen molar-refractivity contribution >= 4 is 5.78 Å². The van der Waals surface area contributed by atoms with Gasteiger partial charge in [0.2, 0.25) is 5.26 Å². The summed E-state index contributed by atoms with van der Waals surface area (Å²) in [7, 11) is 0. The number of hydrogen-bond donors (Lipinski definition) is 0. The molecule has 1 radical (unpaired) electrons. The van der Waals surface area contributed by atoms with E-state index in [0.29, 0.717) is 12.2 Å². The summed E-state index contributed by atoms with van der Waals surface area (Å²) in [5, 5.41) is 10.1. The van der Waals surface area contributed by atoms with E-state index in [1.54, 1.807) is 0 Å². The zero-order valence-corrected chi connectivity index (χ0v) is 6.41. The fourth-order valence-corrected chi connectivity index (χ4v) is 0.935. The van der Waals surface area contributed by atoms with E-state index >= 15 is 0 Å². The number of benzene rings is 1. The van der Waals surface area contributed by atoms with E-state index in [1.807, 2.05) is 37.3 Å². The van der Waals surface area contributed by atoms with Crippen molar-refractivity contribution < 1.29 is 9.83 Å². The molecule has 0 aliphatic carbocycles. The lowest BCUT2D eigenvalue weighted by Gasteiger charge is -1.86. The summed E-state index contributed by atoms with van der Waals surface area (Å²) >= 11 is 0. The van der Waals surface area contributed by atoms with Gasteiger partial charge in [-0.15, -0.1) is 0 Å². The SMILES string of the molecule is CCC(=[O+][O])c1ccccc1. The summed E-state index contributed by atoms with van der Waals surface area (Å²) in [6, 6.07) is 9.38. The van der Waals surface area contributed by atoms with Crippen LogP contribution in [0.15, 0.2) is 30.3 Å². The highest BCUT2D eigenvalue weighted by Crippen LogP contribution is 2.02. The largest absolute Gasteiger partial charge is 0.421 e. The third kappa shape index (κ3) is 1.80. The molecule has 0 aliphatic heterocycles. The highest BCUT2D eigenvalue weighted by molar-refractivity contribution is 5.95. The fraction of sp³-hybridized carbons (Fsp3) is 0.222. The molecule has 2 heteroatoms. The molecule has 0 bridgehead atoms. The minimum absolute atomic E-state index is 0.491. The highest BCUT2D eigenvalue weighted by atomic mass is 17.1. The fourth-order valence-electron chi connectivity index (χ4n) is 0.935. The normalized spacial score (nSPS) is 11.5. The van der Waals surface area contributed by atoms with Gasteiger partial charge in [0.25, 0.3) is 0 Å². The molecule has 2 nitrogen and oxygen atoms in total. The third-order valence-electron chi connectivity index (χ3n) is 1.52. The summed E-state index contributed by atoms with van der Waals surface area (Å²) in [4.78, 5) is 0. The summed E-state index contributed by atoms with van der Waals surface area (Å²) in [5.74, 6) is 0.491. The minimum atomic E-state index is 0.491. The maximum absolute atomic E-state index is 10.1. The van der Waals surface area contributed by atoms with Gasteiger partial charge in [-0.3, -0.25) is 0 Å². The first-order valence-electron chi connectivity index (χ1n) is 3.59. The second-order valence-corrected chi connectivity index (χ2v) is 2.23. The molecule has 0 N–H and O–H groups in total. The Bertz CT molecular complexity index is 239. The number of carbonyl (C=O) groups excluding carboxylic acids is 1. The van der Waals surface area contributed by atoms with Crippen LogP contribution in [0.1, 0.15) is 23.5 Å². The molecule has 1 aromatic carbocycles. The van der Waals surface area contributed by atoms with Crippen molar-refractivity contribution in [2.45, 2.75) is 13.3 Å². The molecule has 1 rings (SSSR count). The highest BCUT2D eigenvalue weighted by Gasteiger charge is 2.14. The van der Waals surface area contributed by atoms with Gasteiger partial charge in [-0.1, -0.05) is 25.1 Å². The summed E-state index contributed by atoms with van der Waals surface area (Å²) in [6.07, 6.45) is 0.632. The van der Waals surface area contributed by atoms with Crippen LogP contribution in [-0.4, -0.2) is 5.78 Å². The van der Waals surface area contributed by atoms with E-state index in [2.05, 4.69) is 4.58 Å². The van der Waals surface area contributed by atoms with Crippen molar-refractivity contribution in [3.63, 3.8) is 0 Å². The average molecular weight is 150 g/mol. The van der Waals surface area contributed by atoms with Gasteiger partial charge in [-0.2, -0.15) is 0 Å². The van der Waals surface area contributed by atoms with Gasteiger partial charge in [-0.25, -0.2) is 0 Å². The second-order valence-electron chi connectivity index (χ2n) is 2.23. The maximum atomic E-state index is 10.1. The molecule has 0 saturated carbocycles. The van der Waals surface area contributed by atoms with Crippen LogP contribution in [0.3, 0.4) is 0 Å². The van der Waals surface area contributed by atoms with Gasteiger partial charge < -0.3 is 0 Å². The zero-order chi connectivity index (χ0) is 8.10. The number of rotatable bonds is 2. The molecule has 0 spiro atoms. The van der Waals surface area contributed by atoms with Crippen molar-refractivity contribution in [2.24, 2.45) is 0 Å². The first-order chi connectivity index (χ1) is 5.38. The molecular formula is C9H10O2+. The summed E-state index contributed by atoms with van der Waals surface area (Å²) < 4.78 is 3.95. The molecule has 0 heterocycles. The predicted octanol–water partition coefficient (Wildman–Crippen LogP) is 2.16. The summed E-state index contributed by atoms with van der Waals surface area (Å²) in [6.45, 7) is 1.89. The van der Waals surface area contributed by atoms with Crippen LogP contribution in [0, 0.1) is 0 Å². The topological polar surface area (TPSA) is 31.2 Å². The Labute approximate surface area is 65.7 Å². The predicted molar refractivity (Wildman–Crippen MR) is 41.8 cm³/mol. The molecule has 1 aromatic rings. The Hall–Kier alpha value is -1.31. The maximum Gasteiger partial charge on any atom is 0.421 e. The number of ketones is 1.